The Morgan fingerprint density at radius 1 is 1.09 bits per heavy atom. The molecule has 2 aromatic rings. The molecular weight excluding hydrogens is 434 g/mol. The highest BCUT2D eigenvalue weighted by atomic mass is 16.6. The highest BCUT2D eigenvalue weighted by molar-refractivity contribution is 6.07. The summed E-state index contributed by atoms with van der Waals surface area (Å²) in [5.74, 6) is 0.0209. The minimum Gasteiger partial charge on any atom is -0.374 e. The van der Waals surface area contributed by atoms with Gasteiger partial charge < -0.3 is 14.4 Å². The van der Waals surface area contributed by atoms with Crippen LogP contribution in [-0.2, 0) is 26.5 Å². The van der Waals surface area contributed by atoms with E-state index in [-0.39, 0.29) is 12.0 Å². The number of rotatable bonds is 9. The van der Waals surface area contributed by atoms with Gasteiger partial charge in [-0.3, -0.25) is 4.79 Å². The van der Waals surface area contributed by atoms with Crippen molar-refractivity contribution in [3.05, 3.63) is 101 Å². The molecule has 4 heteroatoms. The summed E-state index contributed by atoms with van der Waals surface area (Å²) in [6, 6.07) is 18.2. The molecule has 0 saturated heterocycles. The van der Waals surface area contributed by atoms with Gasteiger partial charge in [0.15, 0.2) is 5.60 Å². The van der Waals surface area contributed by atoms with Gasteiger partial charge in [0.05, 0.1) is 18.9 Å². The van der Waals surface area contributed by atoms with Crippen LogP contribution in [0.3, 0.4) is 0 Å². The monoisotopic (exact) mass is 471 g/mol. The predicted octanol–water partition coefficient (Wildman–Crippen LogP) is 6.87. The molecule has 35 heavy (non-hydrogen) atoms. The van der Waals surface area contributed by atoms with E-state index in [0.717, 1.165) is 35.2 Å². The quantitative estimate of drug-likeness (QED) is 0.375. The van der Waals surface area contributed by atoms with Crippen LogP contribution in [0.4, 0.5) is 5.69 Å². The molecule has 2 aliphatic rings. The third-order valence-corrected chi connectivity index (χ3v) is 6.68. The lowest BCUT2D eigenvalue weighted by molar-refractivity contribution is -0.156. The number of carbonyl (C=O) groups is 1. The zero-order chi connectivity index (χ0) is 24.8. The normalized spacial score (nSPS) is 21.8. The van der Waals surface area contributed by atoms with Crippen LogP contribution in [0.25, 0.3) is 0 Å². The Kier molecular flexibility index (Phi) is 8.04. The summed E-state index contributed by atoms with van der Waals surface area (Å²) < 4.78 is 12.6. The van der Waals surface area contributed by atoms with Crippen molar-refractivity contribution in [2.24, 2.45) is 0 Å². The molecule has 0 aliphatic carbocycles. The Morgan fingerprint density at radius 3 is 2.60 bits per heavy atom. The maximum Gasteiger partial charge on any atom is 0.264 e. The number of anilines is 1. The SMILES string of the molecule is CC(C)=CCCC(C)=CCN1C(=O)[C@@]2(CC(C)=C[C@@H](COCc3ccccc3)O2)c2ccccc21. The van der Waals surface area contributed by atoms with Gasteiger partial charge in [0, 0.05) is 18.5 Å². The van der Waals surface area contributed by atoms with Crippen LogP contribution in [0.2, 0.25) is 0 Å². The van der Waals surface area contributed by atoms with Gasteiger partial charge in [-0.2, -0.15) is 0 Å². The molecule has 0 unspecified atom stereocenters. The number of fused-ring (bicyclic) bond motifs is 2. The second-order valence-electron chi connectivity index (χ2n) is 9.98. The first-order valence-electron chi connectivity index (χ1n) is 12.6. The highest BCUT2D eigenvalue weighted by Crippen LogP contribution is 2.48. The minimum absolute atomic E-state index is 0.0209. The van der Waals surface area contributed by atoms with Gasteiger partial charge in [-0.25, -0.2) is 0 Å². The summed E-state index contributed by atoms with van der Waals surface area (Å²) in [5.41, 5.74) is 5.83. The summed E-state index contributed by atoms with van der Waals surface area (Å²) in [4.78, 5) is 15.8. The van der Waals surface area contributed by atoms with Crippen LogP contribution in [0.15, 0.2) is 89.5 Å². The van der Waals surface area contributed by atoms with Crippen molar-refractivity contribution in [3.63, 3.8) is 0 Å². The first kappa shape index (κ1) is 25.2. The zero-order valence-corrected chi connectivity index (χ0v) is 21.4. The van der Waals surface area contributed by atoms with Crippen molar-refractivity contribution in [1.29, 1.82) is 0 Å². The van der Waals surface area contributed by atoms with Crippen LogP contribution in [0, 0.1) is 0 Å². The van der Waals surface area contributed by atoms with Crippen LogP contribution in [0.1, 0.15) is 58.1 Å². The summed E-state index contributed by atoms with van der Waals surface area (Å²) in [6.07, 6.45) is 8.85. The first-order chi connectivity index (χ1) is 16.9. The van der Waals surface area contributed by atoms with Crippen LogP contribution >= 0.6 is 0 Å². The van der Waals surface area contributed by atoms with Gasteiger partial charge >= 0.3 is 0 Å². The molecule has 0 bridgehead atoms. The maximum absolute atomic E-state index is 13.9. The zero-order valence-electron chi connectivity index (χ0n) is 21.4. The van der Waals surface area contributed by atoms with E-state index in [2.05, 4.69) is 45.9 Å². The molecule has 2 heterocycles. The number of benzene rings is 2. The van der Waals surface area contributed by atoms with E-state index >= 15 is 0 Å². The predicted molar refractivity (Wildman–Crippen MR) is 142 cm³/mol. The van der Waals surface area contributed by atoms with E-state index in [9.17, 15) is 4.79 Å². The number of ether oxygens (including phenoxy) is 2. The Bertz CT molecular complexity index is 1130. The number of nitrogens with zero attached hydrogens (tertiary/aromatic N) is 1. The molecular formula is C31H37NO3. The van der Waals surface area contributed by atoms with Crippen molar-refractivity contribution in [3.8, 4) is 0 Å². The molecule has 2 aromatic carbocycles. The molecule has 2 atom stereocenters. The van der Waals surface area contributed by atoms with Crippen molar-refractivity contribution < 1.29 is 14.3 Å². The fraction of sp³-hybridized carbons (Fsp3) is 0.387. The largest absolute Gasteiger partial charge is 0.374 e. The molecule has 1 amide bonds. The Hall–Kier alpha value is -2.95. The standard InChI is InChI=1S/C31H37NO3/c1-23(2)11-10-12-24(3)17-18-32-29-16-9-8-15-28(29)31(30(32)33)20-25(4)19-27(35-31)22-34-21-26-13-6-5-7-14-26/h5-9,11,13-17,19,27H,10,12,18,20-22H2,1-4H3/t27-,31+/m0/s1. The van der Waals surface area contributed by atoms with Crippen LogP contribution in [-0.4, -0.2) is 25.2 Å². The molecule has 0 radical (unpaired) electrons. The second-order valence-corrected chi connectivity index (χ2v) is 9.98. The minimum atomic E-state index is -0.986. The summed E-state index contributed by atoms with van der Waals surface area (Å²) >= 11 is 0. The molecule has 0 fully saturated rings. The van der Waals surface area contributed by atoms with Crippen molar-refractivity contribution in [2.75, 3.05) is 18.1 Å². The number of amides is 1. The molecule has 0 N–H and O–H groups in total. The molecule has 0 aromatic heterocycles. The Morgan fingerprint density at radius 2 is 1.83 bits per heavy atom. The number of hydrogen-bond acceptors (Lipinski definition) is 3. The van der Waals surface area contributed by atoms with E-state index < -0.39 is 5.60 Å². The van der Waals surface area contributed by atoms with Crippen molar-refractivity contribution >= 4 is 11.6 Å². The lowest BCUT2D eigenvalue weighted by Gasteiger charge is -2.36. The van der Waals surface area contributed by atoms with E-state index in [1.54, 1.807) is 0 Å². The van der Waals surface area contributed by atoms with Crippen LogP contribution < -0.4 is 4.90 Å². The number of allylic oxidation sites excluding steroid dienone is 3. The fourth-order valence-corrected chi connectivity index (χ4v) is 4.95. The van der Waals surface area contributed by atoms with E-state index in [4.69, 9.17) is 9.47 Å². The van der Waals surface area contributed by atoms with E-state index in [0.29, 0.717) is 26.2 Å². The second kappa shape index (κ2) is 11.2. The van der Waals surface area contributed by atoms with Gasteiger partial charge in [-0.1, -0.05) is 83.5 Å². The first-order valence-corrected chi connectivity index (χ1v) is 12.6. The third kappa shape index (κ3) is 5.83. The third-order valence-electron chi connectivity index (χ3n) is 6.68. The molecule has 4 nitrogen and oxygen atoms in total. The van der Waals surface area contributed by atoms with Gasteiger partial charge in [0.2, 0.25) is 0 Å². The van der Waals surface area contributed by atoms with E-state index in [1.807, 2.05) is 59.5 Å². The highest BCUT2D eigenvalue weighted by Gasteiger charge is 2.54. The summed E-state index contributed by atoms with van der Waals surface area (Å²) in [6.45, 7) is 9.96. The number of para-hydroxylation sites is 1. The lowest BCUT2D eigenvalue weighted by Crippen LogP contribution is -2.47. The molecule has 184 valence electrons. The smallest absolute Gasteiger partial charge is 0.264 e. The topological polar surface area (TPSA) is 38.8 Å². The van der Waals surface area contributed by atoms with Crippen molar-refractivity contribution in [2.45, 2.75) is 65.3 Å². The molecule has 4 rings (SSSR count). The van der Waals surface area contributed by atoms with Gasteiger partial charge in [-0.05, 0) is 52.2 Å². The Balaban J connectivity index is 1.50. The van der Waals surface area contributed by atoms with Gasteiger partial charge in [0.1, 0.15) is 6.10 Å². The molecule has 0 saturated carbocycles. The summed E-state index contributed by atoms with van der Waals surface area (Å²) in [5, 5.41) is 0. The Labute approximate surface area is 209 Å². The summed E-state index contributed by atoms with van der Waals surface area (Å²) in [7, 11) is 0. The van der Waals surface area contributed by atoms with Crippen molar-refractivity contribution in [1.82, 2.24) is 0 Å². The molecule has 1 spiro atoms. The van der Waals surface area contributed by atoms with E-state index in [1.165, 1.54) is 11.1 Å². The number of hydrogen-bond donors (Lipinski definition) is 0. The lowest BCUT2D eigenvalue weighted by atomic mass is 9.85. The number of carbonyl (C=O) groups excluding carboxylic acids is 1. The van der Waals surface area contributed by atoms with Gasteiger partial charge in [-0.15, -0.1) is 0 Å². The average Bonchev–Trinajstić information content (AvgIpc) is 3.05. The molecule has 2 aliphatic heterocycles. The fourth-order valence-electron chi connectivity index (χ4n) is 4.95. The maximum atomic E-state index is 13.9. The average molecular weight is 472 g/mol. The van der Waals surface area contributed by atoms with Gasteiger partial charge in [0.25, 0.3) is 5.91 Å². The van der Waals surface area contributed by atoms with Crippen LogP contribution in [0.5, 0.6) is 0 Å².